The minimum atomic E-state index is -0.521. The Labute approximate surface area is 337 Å². The van der Waals surface area contributed by atoms with Crippen molar-refractivity contribution in [3.63, 3.8) is 0 Å². The molecule has 1 spiro atoms. The van der Waals surface area contributed by atoms with Crippen LogP contribution >= 0.6 is 0 Å². The van der Waals surface area contributed by atoms with E-state index in [0.717, 1.165) is 33.3 Å². The molecule has 12 rings (SSSR count). The Morgan fingerprint density at radius 3 is 1.59 bits per heavy atom. The highest BCUT2D eigenvalue weighted by atomic mass is 16.3. The standard InChI is InChI=1S/C56H37NO/c1-57(39-32-29-37(30-33-39)36-15-3-2-4-16-36)51-27-14-28-53-55(51)46-35-38(31-34-52(46)58-53)40-22-13-26-50-54(40)45-21-9-12-25-49(45)56(50)47-23-10-7-19-43(47)41-17-5-6-18-42(41)44-20-8-11-24-48(44)56/h2-35H,1H3. The molecule has 0 saturated carbocycles. The topological polar surface area (TPSA) is 16.4 Å². The molecule has 2 aliphatic rings. The molecule has 2 nitrogen and oxygen atoms in total. The summed E-state index contributed by atoms with van der Waals surface area (Å²) in [6, 6.07) is 75.7. The molecule has 0 unspecified atom stereocenters. The van der Waals surface area contributed by atoms with Gasteiger partial charge in [-0.3, -0.25) is 0 Å². The second kappa shape index (κ2) is 12.5. The normalized spacial score (nSPS) is 13.1. The van der Waals surface area contributed by atoms with Gasteiger partial charge in [-0.1, -0.05) is 170 Å². The fourth-order valence-corrected chi connectivity index (χ4v) is 10.2. The average Bonchev–Trinajstić information content (AvgIpc) is 3.79. The van der Waals surface area contributed by atoms with Crippen molar-refractivity contribution >= 4 is 33.3 Å². The van der Waals surface area contributed by atoms with Crippen LogP contribution in [-0.2, 0) is 5.41 Å². The summed E-state index contributed by atoms with van der Waals surface area (Å²) < 4.78 is 6.58. The summed E-state index contributed by atoms with van der Waals surface area (Å²) in [5.74, 6) is 0. The maximum atomic E-state index is 6.58. The van der Waals surface area contributed by atoms with Gasteiger partial charge in [-0.15, -0.1) is 0 Å². The molecule has 1 heterocycles. The molecular formula is C56H37NO. The fraction of sp³-hybridized carbons (Fsp3) is 0.0357. The Bertz CT molecular complexity index is 3180. The molecule has 1 aromatic heterocycles. The Morgan fingerprint density at radius 2 is 0.897 bits per heavy atom. The van der Waals surface area contributed by atoms with Gasteiger partial charge in [0.15, 0.2) is 0 Å². The van der Waals surface area contributed by atoms with Gasteiger partial charge in [-0.05, 0) is 114 Å². The van der Waals surface area contributed by atoms with E-state index in [2.05, 4.69) is 218 Å². The Kier molecular flexibility index (Phi) is 7.09. The van der Waals surface area contributed by atoms with Crippen molar-refractivity contribution in [3.8, 4) is 55.6 Å². The second-order valence-electron chi connectivity index (χ2n) is 15.6. The molecule has 0 bridgehead atoms. The van der Waals surface area contributed by atoms with Crippen LogP contribution in [-0.4, -0.2) is 7.05 Å². The third-order valence-corrected chi connectivity index (χ3v) is 12.7. The van der Waals surface area contributed by atoms with E-state index in [4.69, 9.17) is 4.42 Å². The average molecular weight is 740 g/mol. The summed E-state index contributed by atoms with van der Waals surface area (Å²) >= 11 is 0. The molecule has 0 radical (unpaired) electrons. The van der Waals surface area contributed by atoms with Crippen molar-refractivity contribution in [1.29, 1.82) is 0 Å². The third-order valence-electron chi connectivity index (χ3n) is 12.7. The molecule has 10 aromatic rings. The summed E-state index contributed by atoms with van der Waals surface area (Å²) in [6.07, 6.45) is 0. The summed E-state index contributed by atoms with van der Waals surface area (Å²) in [5, 5.41) is 2.22. The number of hydrogen-bond donors (Lipinski definition) is 0. The molecule has 272 valence electrons. The predicted molar refractivity (Wildman–Crippen MR) is 241 cm³/mol. The summed E-state index contributed by atoms with van der Waals surface area (Å²) in [5.41, 5.74) is 21.2. The number of nitrogens with zero attached hydrogens (tertiary/aromatic N) is 1. The quantitative estimate of drug-likeness (QED) is 0.179. The Balaban J connectivity index is 1.07. The summed E-state index contributed by atoms with van der Waals surface area (Å²) in [4.78, 5) is 2.28. The first-order chi connectivity index (χ1) is 28.7. The first-order valence-electron chi connectivity index (χ1n) is 20.1. The van der Waals surface area contributed by atoms with Crippen LogP contribution in [0.25, 0.3) is 77.6 Å². The lowest BCUT2D eigenvalue weighted by Crippen LogP contribution is -2.29. The van der Waals surface area contributed by atoms with Crippen LogP contribution in [0.4, 0.5) is 11.4 Å². The van der Waals surface area contributed by atoms with E-state index in [1.54, 1.807) is 0 Å². The fourth-order valence-electron chi connectivity index (χ4n) is 10.2. The van der Waals surface area contributed by atoms with Crippen molar-refractivity contribution in [2.24, 2.45) is 0 Å². The van der Waals surface area contributed by atoms with Crippen molar-refractivity contribution in [2.45, 2.75) is 5.41 Å². The van der Waals surface area contributed by atoms with Crippen LogP contribution in [0.1, 0.15) is 22.3 Å². The summed E-state index contributed by atoms with van der Waals surface area (Å²) in [7, 11) is 2.15. The van der Waals surface area contributed by atoms with Crippen molar-refractivity contribution in [3.05, 3.63) is 229 Å². The van der Waals surface area contributed by atoms with E-state index in [9.17, 15) is 0 Å². The highest BCUT2D eigenvalue weighted by Crippen LogP contribution is 2.62. The first-order valence-corrected chi connectivity index (χ1v) is 20.1. The van der Waals surface area contributed by atoms with Gasteiger partial charge in [-0.25, -0.2) is 0 Å². The second-order valence-corrected chi connectivity index (χ2v) is 15.6. The minimum absolute atomic E-state index is 0.521. The minimum Gasteiger partial charge on any atom is -0.456 e. The molecule has 0 aliphatic heterocycles. The molecule has 2 aliphatic carbocycles. The summed E-state index contributed by atoms with van der Waals surface area (Å²) in [6.45, 7) is 0. The SMILES string of the molecule is CN(c1ccc(-c2ccccc2)cc1)c1cccc2oc3ccc(-c4cccc5c4-c4ccccc4C54c5ccccc5-c5ccccc5-c5ccccc54)cc3c12. The lowest BCUT2D eigenvalue weighted by Gasteiger charge is -2.35. The number of furan rings is 1. The largest absolute Gasteiger partial charge is 0.456 e. The van der Waals surface area contributed by atoms with Gasteiger partial charge in [0.2, 0.25) is 0 Å². The van der Waals surface area contributed by atoms with Crippen LogP contribution in [0.5, 0.6) is 0 Å². The number of anilines is 2. The molecular weight excluding hydrogens is 703 g/mol. The number of benzene rings is 9. The number of rotatable bonds is 4. The van der Waals surface area contributed by atoms with Gasteiger partial charge in [0.1, 0.15) is 11.2 Å². The van der Waals surface area contributed by atoms with Crippen molar-refractivity contribution in [1.82, 2.24) is 0 Å². The van der Waals surface area contributed by atoms with E-state index in [0.29, 0.717) is 0 Å². The third kappa shape index (κ3) is 4.54. The zero-order valence-electron chi connectivity index (χ0n) is 32.0. The van der Waals surface area contributed by atoms with Crippen LogP contribution in [0.3, 0.4) is 0 Å². The lowest BCUT2D eigenvalue weighted by atomic mass is 9.66. The van der Waals surface area contributed by atoms with Gasteiger partial charge < -0.3 is 9.32 Å². The molecule has 9 aromatic carbocycles. The van der Waals surface area contributed by atoms with Gasteiger partial charge in [-0.2, -0.15) is 0 Å². The molecule has 0 fully saturated rings. The Hall–Kier alpha value is -7.42. The highest BCUT2D eigenvalue weighted by molar-refractivity contribution is 6.14. The molecule has 2 heteroatoms. The van der Waals surface area contributed by atoms with Crippen molar-refractivity contribution < 1.29 is 4.42 Å². The van der Waals surface area contributed by atoms with E-state index in [1.165, 1.54) is 77.9 Å². The van der Waals surface area contributed by atoms with Crippen molar-refractivity contribution in [2.75, 3.05) is 11.9 Å². The number of fused-ring (bicyclic) bond motifs is 15. The van der Waals surface area contributed by atoms with E-state index in [1.807, 2.05) is 0 Å². The lowest BCUT2D eigenvalue weighted by molar-refractivity contribution is 0.669. The molecule has 0 N–H and O–H groups in total. The van der Waals surface area contributed by atoms with E-state index < -0.39 is 5.41 Å². The van der Waals surface area contributed by atoms with E-state index >= 15 is 0 Å². The molecule has 0 amide bonds. The Morgan fingerprint density at radius 1 is 0.379 bits per heavy atom. The smallest absolute Gasteiger partial charge is 0.137 e. The van der Waals surface area contributed by atoms with Crippen LogP contribution in [0.15, 0.2) is 211 Å². The van der Waals surface area contributed by atoms with Crippen LogP contribution in [0.2, 0.25) is 0 Å². The van der Waals surface area contributed by atoms with Gasteiger partial charge >= 0.3 is 0 Å². The monoisotopic (exact) mass is 739 g/mol. The zero-order chi connectivity index (χ0) is 38.4. The van der Waals surface area contributed by atoms with Gasteiger partial charge in [0.25, 0.3) is 0 Å². The van der Waals surface area contributed by atoms with Crippen LogP contribution < -0.4 is 4.90 Å². The maximum Gasteiger partial charge on any atom is 0.137 e. The van der Waals surface area contributed by atoms with E-state index in [-0.39, 0.29) is 0 Å². The first kappa shape index (κ1) is 32.8. The van der Waals surface area contributed by atoms with Crippen LogP contribution in [0, 0.1) is 0 Å². The highest BCUT2D eigenvalue weighted by Gasteiger charge is 2.50. The molecule has 0 saturated heterocycles. The number of hydrogen-bond acceptors (Lipinski definition) is 2. The maximum absolute atomic E-state index is 6.58. The molecule has 58 heavy (non-hydrogen) atoms. The van der Waals surface area contributed by atoms with Gasteiger partial charge in [0, 0.05) is 18.1 Å². The zero-order valence-corrected chi connectivity index (χ0v) is 32.0. The predicted octanol–water partition coefficient (Wildman–Crippen LogP) is 14.7. The molecule has 0 atom stereocenters. The van der Waals surface area contributed by atoms with Gasteiger partial charge in [0.05, 0.1) is 16.5 Å².